The van der Waals surface area contributed by atoms with Gasteiger partial charge in [-0.2, -0.15) is 0 Å². The van der Waals surface area contributed by atoms with Gasteiger partial charge in [0.1, 0.15) is 0 Å². The predicted octanol–water partition coefficient (Wildman–Crippen LogP) is 2.47. The summed E-state index contributed by atoms with van der Waals surface area (Å²) in [6.45, 7) is 6.24. The number of anilines is 1. The maximum absolute atomic E-state index is 11.9. The van der Waals surface area contributed by atoms with Gasteiger partial charge in [-0.1, -0.05) is 19.1 Å². The van der Waals surface area contributed by atoms with Crippen LogP contribution in [0.15, 0.2) is 24.3 Å². The molecule has 0 spiro atoms. The molecule has 25 heavy (non-hydrogen) atoms. The highest BCUT2D eigenvalue weighted by Crippen LogP contribution is 2.16. The van der Waals surface area contributed by atoms with E-state index >= 15 is 0 Å². The Morgan fingerprint density at radius 3 is 2.68 bits per heavy atom. The molecule has 1 aliphatic heterocycles. The summed E-state index contributed by atoms with van der Waals surface area (Å²) in [7, 11) is -3.09. The van der Waals surface area contributed by atoms with E-state index in [0.29, 0.717) is 17.8 Å². The third kappa shape index (κ3) is 7.88. The summed E-state index contributed by atoms with van der Waals surface area (Å²) in [5, 5.41) is 5.61. The molecule has 0 unspecified atom stereocenters. The van der Waals surface area contributed by atoms with Crippen LogP contribution in [0.1, 0.15) is 31.7 Å². The van der Waals surface area contributed by atoms with E-state index in [1.54, 1.807) is 24.3 Å². The van der Waals surface area contributed by atoms with Gasteiger partial charge < -0.3 is 15.5 Å². The van der Waals surface area contributed by atoms with Crippen molar-refractivity contribution in [3.05, 3.63) is 29.8 Å². The first-order valence-corrected chi connectivity index (χ1v) is 10.9. The quantitative estimate of drug-likeness (QED) is 0.726. The smallest absolute Gasteiger partial charge is 0.319 e. The van der Waals surface area contributed by atoms with E-state index in [4.69, 9.17) is 0 Å². The molecule has 0 bridgehead atoms. The fourth-order valence-electron chi connectivity index (χ4n) is 3.01. The molecule has 7 heteroatoms. The number of benzene rings is 1. The molecule has 140 valence electrons. The molecule has 0 atom stereocenters. The molecule has 1 aromatic carbocycles. The third-order valence-corrected chi connectivity index (χ3v) is 5.28. The summed E-state index contributed by atoms with van der Waals surface area (Å²) < 4.78 is 22.7. The van der Waals surface area contributed by atoms with E-state index in [0.717, 1.165) is 32.0 Å². The minimum absolute atomic E-state index is 0.0292. The van der Waals surface area contributed by atoms with Crippen molar-refractivity contribution in [3.8, 4) is 0 Å². The van der Waals surface area contributed by atoms with Crippen molar-refractivity contribution in [2.24, 2.45) is 5.92 Å². The third-order valence-electron chi connectivity index (χ3n) is 4.43. The number of nitrogens with zero attached hydrogens (tertiary/aromatic N) is 1. The van der Waals surface area contributed by atoms with Crippen LogP contribution in [0.4, 0.5) is 10.5 Å². The lowest BCUT2D eigenvalue weighted by Gasteiger charge is -2.30. The first-order valence-electron chi connectivity index (χ1n) is 8.86. The molecule has 1 fully saturated rings. The second-order valence-electron chi connectivity index (χ2n) is 7.03. The number of likely N-dealkylation sites (tertiary alicyclic amines) is 1. The van der Waals surface area contributed by atoms with Gasteiger partial charge in [0.25, 0.3) is 0 Å². The molecule has 1 saturated heterocycles. The van der Waals surface area contributed by atoms with Crippen LogP contribution in [0.2, 0.25) is 0 Å². The molecule has 2 N–H and O–H groups in total. The average molecular weight is 368 g/mol. The fraction of sp³-hybridized carbons (Fsp3) is 0.611. The van der Waals surface area contributed by atoms with Crippen LogP contribution in [0.25, 0.3) is 0 Å². The van der Waals surface area contributed by atoms with Crippen molar-refractivity contribution >= 4 is 21.6 Å². The first kappa shape index (κ1) is 19.7. The van der Waals surface area contributed by atoms with Crippen LogP contribution < -0.4 is 10.6 Å². The number of carbonyl (C=O) groups is 1. The van der Waals surface area contributed by atoms with Gasteiger partial charge in [0.2, 0.25) is 0 Å². The predicted molar refractivity (Wildman–Crippen MR) is 101 cm³/mol. The second-order valence-corrected chi connectivity index (χ2v) is 9.17. The number of urea groups is 1. The highest BCUT2D eigenvalue weighted by molar-refractivity contribution is 7.89. The largest absolute Gasteiger partial charge is 0.338 e. The van der Waals surface area contributed by atoms with Gasteiger partial charge in [-0.05, 0) is 62.5 Å². The summed E-state index contributed by atoms with van der Waals surface area (Å²) in [4.78, 5) is 14.4. The SMILES string of the molecule is CC1CCN(CCCNC(=O)Nc2cccc(CS(C)(=O)=O)c2)CC1. The Morgan fingerprint density at radius 2 is 2.00 bits per heavy atom. The molecule has 0 aliphatic carbocycles. The zero-order chi connectivity index (χ0) is 18.3. The lowest BCUT2D eigenvalue weighted by Crippen LogP contribution is -2.36. The van der Waals surface area contributed by atoms with E-state index in [1.807, 2.05) is 0 Å². The van der Waals surface area contributed by atoms with Gasteiger partial charge in [-0.3, -0.25) is 0 Å². The zero-order valence-electron chi connectivity index (χ0n) is 15.1. The van der Waals surface area contributed by atoms with Crippen molar-refractivity contribution in [3.63, 3.8) is 0 Å². The summed E-state index contributed by atoms with van der Waals surface area (Å²) in [5.74, 6) is 0.803. The second kappa shape index (κ2) is 9.20. The van der Waals surface area contributed by atoms with Crippen LogP contribution in [-0.2, 0) is 15.6 Å². The van der Waals surface area contributed by atoms with Crippen molar-refractivity contribution in [1.29, 1.82) is 0 Å². The van der Waals surface area contributed by atoms with Crippen molar-refractivity contribution in [2.45, 2.75) is 31.9 Å². The Balaban J connectivity index is 1.69. The minimum atomic E-state index is -3.09. The minimum Gasteiger partial charge on any atom is -0.338 e. The standard InChI is InChI=1S/C18H29N3O3S/c1-15-7-11-21(12-8-15)10-4-9-19-18(22)20-17-6-3-5-16(13-17)14-25(2,23)24/h3,5-6,13,15H,4,7-12,14H2,1-2H3,(H2,19,20,22). The normalized spacial score (nSPS) is 16.6. The average Bonchev–Trinajstić information content (AvgIpc) is 2.52. The van der Waals surface area contributed by atoms with Gasteiger partial charge in [0.15, 0.2) is 9.84 Å². The Labute approximate surface area is 150 Å². The highest BCUT2D eigenvalue weighted by atomic mass is 32.2. The van der Waals surface area contributed by atoms with Crippen LogP contribution in [0, 0.1) is 5.92 Å². The van der Waals surface area contributed by atoms with Gasteiger partial charge in [0.05, 0.1) is 5.75 Å². The molecular formula is C18H29N3O3S. The number of amides is 2. The van der Waals surface area contributed by atoms with Crippen LogP contribution in [-0.4, -0.2) is 51.8 Å². The Morgan fingerprint density at radius 1 is 1.28 bits per heavy atom. The molecule has 0 saturated carbocycles. The van der Waals surface area contributed by atoms with Gasteiger partial charge in [0, 0.05) is 18.5 Å². The molecule has 2 rings (SSSR count). The lowest BCUT2D eigenvalue weighted by molar-refractivity contribution is 0.190. The summed E-state index contributed by atoms with van der Waals surface area (Å²) in [6.07, 6.45) is 4.65. The Kier molecular flexibility index (Phi) is 7.25. The number of hydrogen-bond donors (Lipinski definition) is 2. The lowest BCUT2D eigenvalue weighted by atomic mass is 9.99. The number of hydrogen-bond acceptors (Lipinski definition) is 4. The molecule has 6 nitrogen and oxygen atoms in total. The Hall–Kier alpha value is -1.60. The van der Waals surface area contributed by atoms with Crippen molar-refractivity contribution in [1.82, 2.24) is 10.2 Å². The van der Waals surface area contributed by atoms with Crippen molar-refractivity contribution < 1.29 is 13.2 Å². The number of nitrogens with one attached hydrogen (secondary N) is 2. The van der Waals surface area contributed by atoms with E-state index in [1.165, 1.54) is 19.1 Å². The first-order chi connectivity index (χ1) is 11.8. The van der Waals surface area contributed by atoms with Gasteiger partial charge in [-0.15, -0.1) is 0 Å². The summed E-state index contributed by atoms with van der Waals surface area (Å²) in [5.41, 5.74) is 1.27. The zero-order valence-corrected chi connectivity index (χ0v) is 15.9. The number of rotatable bonds is 7. The summed E-state index contributed by atoms with van der Waals surface area (Å²) in [6, 6.07) is 6.66. The topological polar surface area (TPSA) is 78.5 Å². The highest BCUT2D eigenvalue weighted by Gasteiger charge is 2.14. The monoisotopic (exact) mass is 367 g/mol. The molecule has 1 heterocycles. The molecule has 2 amide bonds. The molecule has 0 aromatic heterocycles. The van der Waals surface area contributed by atoms with E-state index in [-0.39, 0.29) is 11.8 Å². The molecule has 1 aliphatic rings. The van der Waals surface area contributed by atoms with E-state index < -0.39 is 9.84 Å². The molecule has 1 aromatic rings. The fourth-order valence-corrected chi connectivity index (χ4v) is 3.79. The maximum Gasteiger partial charge on any atom is 0.319 e. The summed E-state index contributed by atoms with van der Waals surface area (Å²) >= 11 is 0. The number of piperidine rings is 1. The van der Waals surface area contributed by atoms with Crippen LogP contribution >= 0.6 is 0 Å². The molecular weight excluding hydrogens is 338 g/mol. The van der Waals surface area contributed by atoms with Gasteiger partial charge in [-0.25, -0.2) is 13.2 Å². The van der Waals surface area contributed by atoms with Crippen molar-refractivity contribution in [2.75, 3.05) is 37.8 Å². The molecule has 0 radical (unpaired) electrons. The van der Waals surface area contributed by atoms with E-state index in [9.17, 15) is 13.2 Å². The van der Waals surface area contributed by atoms with E-state index in [2.05, 4.69) is 22.5 Å². The van der Waals surface area contributed by atoms with Crippen LogP contribution in [0.3, 0.4) is 0 Å². The Bertz CT molecular complexity index is 668. The maximum atomic E-state index is 11.9. The number of sulfone groups is 1. The number of carbonyl (C=O) groups excluding carboxylic acids is 1. The van der Waals surface area contributed by atoms with Gasteiger partial charge >= 0.3 is 6.03 Å². The van der Waals surface area contributed by atoms with Crippen LogP contribution in [0.5, 0.6) is 0 Å².